The molecule has 0 heterocycles. The van der Waals surface area contributed by atoms with E-state index in [0.717, 1.165) is 29.9 Å². The maximum absolute atomic E-state index is 13.4. The number of benzene rings is 2. The van der Waals surface area contributed by atoms with Crippen molar-refractivity contribution in [2.24, 2.45) is 0 Å². The largest absolute Gasteiger partial charge is 0.494 e. The fourth-order valence-electron chi connectivity index (χ4n) is 2.19. The Morgan fingerprint density at radius 1 is 1.14 bits per heavy atom. The highest BCUT2D eigenvalue weighted by Gasteiger charge is 2.13. The summed E-state index contributed by atoms with van der Waals surface area (Å²) in [4.78, 5) is 0. The van der Waals surface area contributed by atoms with Crippen LogP contribution in [0.15, 0.2) is 46.9 Å². The van der Waals surface area contributed by atoms with Crippen LogP contribution in [0.3, 0.4) is 0 Å². The van der Waals surface area contributed by atoms with E-state index in [1.807, 2.05) is 31.3 Å². The first-order valence-corrected chi connectivity index (χ1v) is 7.80. The van der Waals surface area contributed by atoms with E-state index in [4.69, 9.17) is 4.74 Å². The zero-order valence-corrected chi connectivity index (χ0v) is 13.8. The van der Waals surface area contributed by atoms with Crippen LogP contribution in [0, 0.1) is 5.82 Å². The molecule has 1 unspecified atom stereocenters. The van der Waals surface area contributed by atoms with Crippen LogP contribution < -0.4 is 10.1 Å². The van der Waals surface area contributed by atoms with Crippen molar-refractivity contribution in [2.75, 3.05) is 13.7 Å². The Labute approximate surface area is 133 Å². The zero-order valence-electron chi connectivity index (χ0n) is 12.2. The highest BCUT2D eigenvalue weighted by atomic mass is 79.9. The SMILES string of the molecule is CCCOc1ccc(C(NC)c2ccc(F)c(Br)c2)cc1. The van der Waals surface area contributed by atoms with Crippen LogP contribution >= 0.6 is 15.9 Å². The predicted octanol–water partition coefficient (Wildman–Crippen LogP) is 4.69. The third-order valence-electron chi connectivity index (χ3n) is 3.25. The molecule has 0 aromatic heterocycles. The molecule has 0 spiro atoms. The molecule has 1 atom stereocenters. The van der Waals surface area contributed by atoms with Crippen LogP contribution in [0.5, 0.6) is 5.75 Å². The number of halogens is 2. The molecule has 112 valence electrons. The Morgan fingerprint density at radius 3 is 2.38 bits per heavy atom. The monoisotopic (exact) mass is 351 g/mol. The third kappa shape index (κ3) is 4.05. The first kappa shape index (κ1) is 16.0. The predicted molar refractivity (Wildman–Crippen MR) is 87.2 cm³/mol. The number of hydrogen-bond donors (Lipinski definition) is 1. The van der Waals surface area contributed by atoms with E-state index in [9.17, 15) is 4.39 Å². The molecule has 0 bridgehead atoms. The molecule has 0 aliphatic heterocycles. The van der Waals surface area contributed by atoms with E-state index in [2.05, 4.69) is 28.2 Å². The molecule has 0 fully saturated rings. The lowest BCUT2D eigenvalue weighted by Crippen LogP contribution is -2.17. The van der Waals surface area contributed by atoms with Crippen molar-refractivity contribution in [3.8, 4) is 5.75 Å². The topological polar surface area (TPSA) is 21.3 Å². The Bertz CT molecular complexity index is 586. The summed E-state index contributed by atoms with van der Waals surface area (Å²) in [6.45, 7) is 2.80. The van der Waals surface area contributed by atoms with Crippen molar-refractivity contribution in [1.29, 1.82) is 0 Å². The third-order valence-corrected chi connectivity index (χ3v) is 3.86. The average molecular weight is 352 g/mol. The van der Waals surface area contributed by atoms with Crippen LogP contribution in [-0.4, -0.2) is 13.7 Å². The fraction of sp³-hybridized carbons (Fsp3) is 0.294. The van der Waals surface area contributed by atoms with Crippen LogP contribution in [-0.2, 0) is 0 Å². The zero-order chi connectivity index (χ0) is 15.2. The maximum Gasteiger partial charge on any atom is 0.137 e. The molecule has 2 aromatic carbocycles. The van der Waals surface area contributed by atoms with E-state index in [-0.39, 0.29) is 11.9 Å². The first-order valence-electron chi connectivity index (χ1n) is 7.00. The molecule has 0 aliphatic rings. The Morgan fingerprint density at radius 2 is 1.81 bits per heavy atom. The van der Waals surface area contributed by atoms with Gasteiger partial charge >= 0.3 is 0 Å². The summed E-state index contributed by atoms with van der Waals surface area (Å²) in [6.07, 6.45) is 0.991. The van der Waals surface area contributed by atoms with Gasteiger partial charge in [0.1, 0.15) is 11.6 Å². The van der Waals surface area contributed by atoms with Crippen molar-refractivity contribution in [1.82, 2.24) is 5.32 Å². The number of ether oxygens (including phenoxy) is 1. The van der Waals surface area contributed by atoms with Gasteiger partial charge in [0.2, 0.25) is 0 Å². The van der Waals surface area contributed by atoms with Gasteiger partial charge in [0.15, 0.2) is 0 Å². The fourth-order valence-corrected chi connectivity index (χ4v) is 2.59. The minimum Gasteiger partial charge on any atom is -0.494 e. The minimum atomic E-state index is -0.253. The van der Waals surface area contributed by atoms with Crippen LogP contribution in [0.25, 0.3) is 0 Å². The number of nitrogens with one attached hydrogen (secondary N) is 1. The Balaban J connectivity index is 2.22. The van der Waals surface area contributed by atoms with Crippen molar-refractivity contribution >= 4 is 15.9 Å². The van der Waals surface area contributed by atoms with E-state index in [1.54, 1.807) is 12.1 Å². The lowest BCUT2D eigenvalue weighted by molar-refractivity contribution is 0.317. The number of rotatable bonds is 6. The summed E-state index contributed by atoms with van der Waals surface area (Å²) >= 11 is 3.23. The molecular weight excluding hydrogens is 333 g/mol. The summed E-state index contributed by atoms with van der Waals surface area (Å²) < 4.78 is 19.4. The van der Waals surface area contributed by atoms with Gasteiger partial charge < -0.3 is 10.1 Å². The van der Waals surface area contributed by atoms with E-state index in [0.29, 0.717) is 4.47 Å². The smallest absolute Gasteiger partial charge is 0.137 e. The van der Waals surface area contributed by atoms with Gasteiger partial charge in [-0.25, -0.2) is 4.39 Å². The summed E-state index contributed by atoms with van der Waals surface area (Å²) in [5.41, 5.74) is 2.12. The molecule has 0 saturated carbocycles. The van der Waals surface area contributed by atoms with Gasteiger partial charge in [-0.05, 0) is 64.8 Å². The lowest BCUT2D eigenvalue weighted by atomic mass is 9.99. The molecule has 2 aromatic rings. The van der Waals surface area contributed by atoms with Gasteiger partial charge in [0, 0.05) is 0 Å². The van der Waals surface area contributed by atoms with Crippen molar-refractivity contribution in [3.05, 3.63) is 63.9 Å². The van der Waals surface area contributed by atoms with Gasteiger partial charge in [-0.3, -0.25) is 0 Å². The molecule has 21 heavy (non-hydrogen) atoms. The standard InChI is InChI=1S/C17H19BrFNO/c1-3-10-21-14-7-4-12(5-8-14)17(20-2)13-6-9-16(19)15(18)11-13/h4-9,11,17,20H,3,10H2,1-2H3. The molecule has 0 amide bonds. The van der Waals surface area contributed by atoms with Gasteiger partial charge in [-0.1, -0.05) is 25.1 Å². The second kappa shape index (κ2) is 7.57. The summed E-state index contributed by atoms with van der Waals surface area (Å²) in [6, 6.07) is 13.1. The summed E-state index contributed by atoms with van der Waals surface area (Å²) in [5.74, 6) is 0.618. The second-order valence-electron chi connectivity index (χ2n) is 4.81. The summed E-state index contributed by atoms with van der Waals surface area (Å²) in [7, 11) is 1.89. The molecule has 1 N–H and O–H groups in total. The van der Waals surface area contributed by atoms with E-state index < -0.39 is 0 Å². The van der Waals surface area contributed by atoms with Crippen molar-refractivity contribution in [2.45, 2.75) is 19.4 Å². The average Bonchev–Trinajstić information content (AvgIpc) is 2.50. The summed E-state index contributed by atoms with van der Waals surface area (Å²) in [5, 5.41) is 3.26. The van der Waals surface area contributed by atoms with Crippen LogP contribution in [0.4, 0.5) is 4.39 Å². The van der Waals surface area contributed by atoms with Gasteiger partial charge in [0.05, 0.1) is 17.1 Å². The highest BCUT2D eigenvalue weighted by molar-refractivity contribution is 9.10. The van der Waals surface area contributed by atoms with Crippen molar-refractivity contribution < 1.29 is 9.13 Å². The van der Waals surface area contributed by atoms with Crippen LogP contribution in [0.1, 0.15) is 30.5 Å². The number of hydrogen-bond acceptors (Lipinski definition) is 2. The van der Waals surface area contributed by atoms with E-state index in [1.165, 1.54) is 6.07 Å². The molecular formula is C17H19BrFNO. The van der Waals surface area contributed by atoms with Gasteiger partial charge in [0.25, 0.3) is 0 Å². The molecule has 0 aliphatic carbocycles. The quantitative estimate of drug-likeness (QED) is 0.815. The van der Waals surface area contributed by atoms with Gasteiger partial charge in [-0.2, -0.15) is 0 Å². The maximum atomic E-state index is 13.4. The van der Waals surface area contributed by atoms with Crippen LogP contribution in [0.2, 0.25) is 0 Å². The molecule has 2 rings (SSSR count). The molecule has 0 radical (unpaired) electrons. The molecule has 4 heteroatoms. The normalized spacial score (nSPS) is 12.2. The molecule has 2 nitrogen and oxygen atoms in total. The highest BCUT2D eigenvalue weighted by Crippen LogP contribution is 2.27. The lowest BCUT2D eigenvalue weighted by Gasteiger charge is -2.18. The van der Waals surface area contributed by atoms with Gasteiger partial charge in [-0.15, -0.1) is 0 Å². The molecule has 0 saturated heterocycles. The second-order valence-corrected chi connectivity index (χ2v) is 5.67. The van der Waals surface area contributed by atoms with Crippen molar-refractivity contribution in [3.63, 3.8) is 0 Å². The van der Waals surface area contributed by atoms with E-state index >= 15 is 0 Å². The Hall–Kier alpha value is -1.39. The Kier molecular flexibility index (Phi) is 5.76. The minimum absolute atomic E-state index is 0.0159. The first-order chi connectivity index (χ1) is 10.2.